The Morgan fingerprint density at radius 3 is 2.28 bits per heavy atom. The van der Waals surface area contributed by atoms with Crippen molar-refractivity contribution in [2.75, 3.05) is 13.2 Å². The zero-order valence-electron chi connectivity index (χ0n) is 19.3. The van der Waals surface area contributed by atoms with Crippen LogP contribution < -0.4 is 0 Å². The van der Waals surface area contributed by atoms with Gasteiger partial charge in [-0.15, -0.1) is 0 Å². The molecule has 0 aromatic heterocycles. The van der Waals surface area contributed by atoms with E-state index in [0.29, 0.717) is 19.8 Å². The van der Waals surface area contributed by atoms with Gasteiger partial charge in [-0.1, -0.05) is 51.1 Å². The van der Waals surface area contributed by atoms with Crippen LogP contribution in [-0.4, -0.2) is 51.2 Å². The quantitative estimate of drug-likeness (QED) is 0.440. The standard InChI is InChI=1S/C23H38O5Si/c1-21(2,3)29(7,8)25-16-23(6)20(28-23)19-18(26-22(4,5)27-19)15-24-14-17-12-10-9-11-13-17/h9-13,18-20H,14-16H2,1-8H3/t18-,19+,20-,23-/m0/s1. The topological polar surface area (TPSA) is 49.5 Å². The first kappa shape index (κ1) is 22.9. The lowest BCUT2D eigenvalue weighted by Gasteiger charge is -2.36. The van der Waals surface area contributed by atoms with E-state index in [9.17, 15) is 0 Å². The Morgan fingerprint density at radius 1 is 1.00 bits per heavy atom. The van der Waals surface area contributed by atoms with E-state index < -0.39 is 14.1 Å². The molecule has 4 atom stereocenters. The molecule has 2 saturated heterocycles. The van der Waals surface area contributed by atoms with Gasteiger partial charge in [-0.05, 0) is 44.5 Å². The summed E-state index contributed by atoms with van der Waals surface area (Å²) in [5.74, 6) is -0.640. The van der Waals surface area contributed by atoms with E-state index in [1.807, 2.05) is 32.0 Å². The van der Waals surface area contributed by atoms with Gasteiger partial charge in [-0.25, -0.2) is 0 Å². The molecule has 2 aliphatic heterocycles. The van der Waals surface area contributed by atoms with Crippen LogP contribution in [-0.2, 0) is 30.0 Å². The number of ether oxygens (including phenoxy) is 4. The first-order valence-electron chi connectivity index (χ1n) is 10.6. The fraction of sp³-hybridized carbons (Fsp3) is 0.739. The van der Waals surface area contributed by atoms with E-state index in [1.165, 1.54) is 0 Å². The third-order valence-electron chi connectivity index (χ3n) is 6.38. The summed E-state index contributed by atoms with van der Waals surface area (Å²) >= 11 is 0. The van der Waals surface area contributed by atoms with Crippen molar-refractivity contribution < 1.29 is 23.4 Å². The maximum absolute atomic E-state index is 6.42. The van der Waals surface area contributed by atoms with Crippen molar-refractivity contribution in [3.05, 3.63) is 35.9 Å². The average molecular weight is 423 g/mol. The minimum Gasteiger partial charge on any atom is -0.414 e. The summed E-state index contributed by atoms with van der Waals surface area (Å²) in [5, 5.41) is 0.177. The van der Waals surface area contributed by atoms with Crippen LogP contribution in [0, 0.1) is 0 Å². The number of benzene rings is 1. The molecule has 0 N–H and O–H groups in total. The van der Waals surface area contributed by atoms with Crippen molar-refractivity contribution in [2.24, 2.45) is 0 Å². The van der Waals surface area contributed by atoms with Crippen LogP contribution in [0.5, 0.6) is 0 Å². The second kappa shape index (κ2) is 8.06. The molecule has 0 amide bonds. The Balaban J connectivity index is 1.56. The van der Waals surface area contributed by atoms with Gasteiger partial charge in [0.15, 0.2) is 14.1 Å². The maximum atomic E-state index is 6.42. The van der Waals surface area contributed by atoms with Crippen molar-refractivity contribution >= 4 is 8.32 Å². The monoisotopic (exact) mass is 422 g/mol. The van der Waals surface area contributed by atoms with Gasteiger partial charge in [0.2, 0.25) is 0 Å². The lowest BCUT2D eigenvalue weighted by molar-refractivity contribution is -0.152. The molecule has 5 nitrogen and oxygen atoms in total. The average Bonchev–Trinajstić information content (AvgIpc) is 3.19. The van der Waals surface area contributed by atoms with Gasteiger partial charge in [0.25, 0.3) is 0 Å². The molecule has 0 spiro atoms. The highest BCUT2D eigenvalue weighted by Crippen LogP contribution is 2.47. The Bertz CT molecular complexity index is 684. The molecule has 3 rings (SSSR count). The first-order valence-corrected chi connectivity index (χ1v) is 13.5. The van der Waals surface area contributed by atoms with Crippen molar-refractivity contribution in [1.82, 2.24) is 0 Å². The Labute approximate surface area is 177 Å². The Kier molecular flexibility index (Phi) is 6.37. The fourth-order valence-corrected chi connectivity index (χ4v) is 4.52. The van der Waals surface area contributed by atoms with Crippen LogP contribution in [0.25, 0.3) is 0 Å². The third-order valence-corrected chi connectivity index (χ3v) is 10.9. The molecule has 2 heterocycles. The number of rotatable bonds is 8. The molecule has 6 heteroatoms. The predicted molar refractivity (Wildman–Crippen MR) is 116 cm³/mol. The maximum Gasteiger partial charge on any atom is 0.192 e. The second-order valence-electron chi connectivity index (χ2n) is 10.5. The summed E-state index contributed by atoms with van der Waals surface area (Å²) in [5.41, 5.74) is 0.819. The molecular weight excluding hydrogens is 384 g/mol. The molecule has 0 unspecified atom stereocenters. The summed E-state index contributed by atoms with van der Waals surface area (Å²) in [6.45, 7) is 18.9. The third kappa shape index (κ3) is 5.49. The van der Waals surface area contributed by atoms with E-state index in [4.69, 9.17) is 23.4 Å². The van der Waals surface area contributed by atoms with Crippen molar-refractivity contribution in [3.63, 3.8) is 0 Å². The number of hydrogen-bond donors (Lipinski definition) is 0. The Morgan fingerprint density at radius 2 is 1.66 bits per heavy atom. The molecule has 0 aliphatic carbocycles. The van der Waals surface area contributed by atoms with Crippen molar-refractivity contribution in [1.29, 1.82) is 0 Å². The van der Waals surface area contributed by atoms with Gasteiger partial charge in [0, 0.05) is 0 Å². The van der Waals surface area contributed by atoms with Gasteiger partial charge < -0.3 is 23.4 Å². The van der Waals surface area contributed by atoms with E-state index >= 15 is 0 Å². The molecule has 164 valence electrons. The lowest BCUT2D eigenvalue weighted by Crippen LogP contribution is -2.44. The van der Waals surface area contributed by atoms with Gasteiger partial charge in [-0.2, -0.15) is 0 Å². The molecule has 0 saturated carbocycles. The predicted octanol–water partition coefficient (Wildman–Crippen LogP) is 4.90. The van der Waals surface area contributed by atoms with Crippen molar-refractivity contribution in [2.45, 2.75) is 96.0 Å². The van der Waals surface area contributed by atoms with Crippen LogP contribution in [0.15, 0.2) is 30.3 Å². The highest BCUT2D eigenvalue weighted by atomic mass is 28.4. The van der Waals surface area contributed by atoms with Crippen LogP contribution in [0.1, 0.15) is 47.1 Å². The van der Waals surface area contributed by atoms with Gasteiger partial charge in [0.1, 0.15) is 23.9 Å². The van der Waals surface area contributed by atoms with E-state index in [2.05, 4.69) is 52.9 Å². The van der Waals surface area contributed by atoms with Crippen molar-refractivity contribution in [3.8, 4) is 0 Å². The molecule has 1 aromatic carbocycles. The molecule has 2 fully saturated rings. The molecule has 1 aromatic rings. The summed E-state index contributed by atoms with van der Waals surface area (Å²) in [4.78, 5) is 0. The van der Waals surface area contributed by atoms with E-state index in [-0.39, 0.29) is 29.0 Å². The first-order chi connectivity index (χ1) is 13.3. The highest BCUT2D eigenvalue weighted by Gasteiger charge is 2.63. The molecule has 0 bridgehead atoms. The Hall–Kier alpha value is -0.763. The van der Waals surface area contributed by atoms with E-state index in [0.717, 1.165) is 5.56 Å². The summed E-state index contributed by atoms with van der Waals surface area (Å²) in [6.07, 6.45) is -0.360. The second-order valence-corrected chi connectivity index (χ2v) is 15.3. The molecular formula is C23H38O5Si. The van der Waals surface area contributed by atoms with Gasteiger partial charge in [-0.3, -0.25) is 0 Å². The summed E-state index contributed by atoms with van der Waals surface area (Å²) < 4.78 is 30.8. The van der Waals surface area contributed by atoms with Crippen LogP contribution in [0.3, 0.4) is 0 Å². The van der Waals surface area contributed by atoms with E-state index in [1.54, 1.807) is 0 Å². The number of epoxide rings is 1. The SMILES string of the molecule is CC1(C)O[C@@H]([C@@H]2O[C@@]2(C)CO[Si](C)(C)C(C)(C)C)[C@H](COCc2ccccc2)O1. The molecule has 29 heavy (non-hydrogen) atoms. The van der Waals surface area contributed by atoms with Gasteiger partial charge in [0.05, 0.1) is 19.8 Å². The summed E-state index contributed by atoms with van der Waals surface area (Å²) in [6, 6.07) is 10.2. The zero-order chi connectivity index (χ0) is 21.5. The minimum atomic E-state index is -1.82. The lowest BCUT2D eigenvalue weighted by atomic mass is 10.0. The largest absolute Gasteiger partial charge is 0.414 e. The zero-order valence-corrected chi connectivity index (χ0v) is 20.3. The normalized spacial score (nSPS) is 31.8. The summed E-state index contributed by atoms with van der Waals surface area (Å²) in [7, 11) is -1.82. The van der Waals surface area contributed by atoms with Crippen LogP contribution in [0.2, 0.25) is 18.1 Å². The highest BCUT2D eigenvalue weighted by molar-refractivity contribution is 6.74. The number of hydrogen-bond acceptors (Lipinski definition) is 5. The van der Waals surface area contributed by atoms with Crippen LogP contribution >= 0.6 is 0 Å². The minimum absolute atomic E-state index is 0.0423. The molecule has 2 aliphatic rings. The smallest absolute Gasteiger partial charge is 0.192 e. The van der Waals surface area contributed by atoms with Crippen LogP contribution in [0.4, 0.5) is 0 Å². The van der Waals surface area contributed by atoms with Gasteiger partial charge >= 0.3 is 0 Å². The molecule has 0 radical (unpaired) electrons. The fourth-order valence-electron chi connectivity index (χ4n) is 3.44.